The Kier molecular flexibility index (Phi) is 6.35. The summed E-state index contributed by atoms with van der Waals surface area (Å²) in [5, 5.41) is 7.47. The van der Waals surface area contributed by atoms with Crippen LogP contribution in [-0.4, -0.2) is 20.1 Å². The number of aromatic nitrogens is 4. The Morgan fingerprint density at radius 2 is 1.82 bits per heavy atom. The third-order valence-corrected chi connectivity index (χ3v) is 6.16. The first-order valence-corrected chi connectivity index (χ1v) is 11.8. The van der Waals surface area contributed by atoms with Crippen molar-refractivity contribution in [2.24, 2.45) is 0 Å². The lowest BCUT2D eigenvalue weighted by Crippen LogP contribution is -2.13. The molecule has 1 atom stereocenters. The van der Waals surface area contributed by atoms with Crippen LogP contribution in [0, 0.1) is 20.8 Å². The van der Waals surface area contributed by atoms with E-state index >= 15 is 0 Å². The van der Waals surface area contributed by atoms with Crippen molar-refractivity contribution in [1.82, 2.24) is 20.1 Å². The molecule has 194 valence electrons. The molecule has 5 aromatic rings. The Morgan fingerprint density at radius 1 is 1.03 bits per heavy atom. The highest BCUT2D eigenvalue weighted by Crippen LogP contribution is 2.33. The van der Waals surface area contributed by atoms with Crippen LogP contribution in [0.15, 0.2) is 61.0 Å². The molecule has 0 fully saturated rings. The lowest BCUT2D eigenvalue weighted by Gasteiger charge is -2.20. The zero-order valence-electron chi connectivity index (χ0n) is 20.9. The Bertz CT molecular complexity index is 1790. The number of benzene rings is 1. The van der Waals surface area contributed by atoms with Gasteiger partial charge in [-0.3, -0.25) is 14.3 Å². The number of aryl methyl sites for hydroxylation is 2. The van der Waals surface area contributed by atoms with E-state index in [2.05, 4.69) is 29.9 Å². The van der Waals surface area contributed by atoms with Gasteiger partial charge in [-0.05, 0) is 63.6 Å². The second-order valence-electron chi connectivity index (χ2n) is 9.02. The predicted molar refractivity (Wildman–Crippen MR) is 137 cm³/mol. The van der Waals surface area contributed by atoms with E-state index in [9.17, 15) is 18.4 Å². The number of nitrogens with zero attached hydrogens (tertiary/aromatic N) is 3. The van der Waals surface area contributed by atoms with Gasteiger partial charge in [-0.25, -0.2) is 23.5 Å². The van der Waals surface area contributed by atoms with Crippen LogP contribution in [-0.2, 0) is 0 Å². The maximum absolute atomic E-state index is 13.4. The molecule has 4 heterocycles. The van der Waals surface area contributed by atoms with Crippen LogP contribution >= 0.6 is 0 Å². The van der Waals surface area contributed by atoms with Gasteiger partial charge in [-0.1, -0.05) is 17.3 Å². The molecule has 0 radical (unpaired) electrons. The fourth-order valence-electron chi connectivity index (χ4n) is 4.33. The molecule has 0 saturated carbocycles. The van der Waals surface area contributed by atoms with E-state index in [1.54, 1.807) is 32.0 Å². The van der Waals surface area contributed by atoms with Crippen molar-refractivity contribution < 1.29 is 17.7 Å². The first-order chi connectivity index (χ1) is 18.1. The number of alkyl halides is 2. The minimum Gasteiger partial charge on any atom is -0.454 e. The van der Waals surface area contributed by atoms with Crippen molar-refractivity contribution in [3.63, 3.8) is 0 Å². The summed E-state index contributed by atoms with van der Waals surface area (Å²) >= 11 is 0. The Morgan fingerprint density at radius 3 is 2.53 bits per heavy atom. The number of anilines is 1. The summed E-state index contributed by atoms with van der Waals surface area (Å²) in [4.78, 5) is 35.9. The number of hydrogen-bond donors (Lipinski definition) is 2. The largest absolute Gasteiger partial charge is 0.454 e. The first kappa shape index (κ1) is 25.0. The molecule has 11 heteroatoms. The van der Waals surface area contributed by atoms with Crippen LogP contribution in [0.3, 0.4) is 0 Å². The van der Waals surface area contributed by atoms with E-state index in [1.807, 2.05) is 19.9 Å². The molecule has 0 unspecified atom stereocenters. The smallest absolute Gasteiger partial charge is 0.439 e. The predicted octanol–water partition coefficient (Wildman–Crippen LogP) is 5.63. The van der Waals surface area contributed by atoms with Crippen molar-refractivity contribution in [1.29, 1.82) is 0 Å². The number of aromatic amines is 1. The van der Waals surface area contributed by atoms with Crippen LogP contribution in [0.4, 0.5) is 14.5 Å². The van der Waals surface area contributed by atoms with Crippen molar-refractivity contribution in [2.75, 3.05) is 5.32 Å². The summed E-state index contributed by atoms with van der Waals surface area (Å²) in [6.07, 6.45) is -2.76. The van der Waals surface area contributed by atoms with E-state index in [0.717, 1.165) is 5.56 Å². The molecular weight excluding hydrogens is 496 g/mol. The van der Waals surface area contributed by atoms with Crippen LogP contribution in [0.1, 0.15) is 47.5 Å². The second-order valence-corrected chi connectivity index (χ2v) is 9.02. The Balaban J connectivity index is 1.65. The monoisotopic (exact) mass is 519 g/mol. The number of halogens is 2. The van der Waals surface area contributed by atoms with E-state index in [-0.39, 0.29) is 28.3 Å². The molecule has 1 aromatic carbocycles. The number of rotatable bonds is 6. The summed E-state index contributed by atoms with van der Waals surface area (Å²) in [5.41, 5.74) is 3.17. The van der Waals surface area contributed by atoms with Gasteiger partial charge in [0.05, 0.1) is 17.1 Å². The van der Waals surface area contributed by atoms with Gasteiger partial charge < -0.3 is 9.73 Å². The highest BCUT2D eigenvalue weighted by Gasteiger charge is 2.22. The summed E-state index contributed by atoms with van der Waals surface area (Å²) in [6.45, 7) is 7.13. The topological polar surface area (TPSA) is 127 Å². The molecule has 38 heavy (non-hydrogen) atoms. The van der Waals surface area contributed by atoms with Crippen molar-refractivity contribution in [2.45, 2.75) is 40.2 Å². The van der Waals surface area contributed by atoms with Gasteiger partial charge in [0.15, 0.2) is 11.2 Å². The number of hydrogen-bond acceptors (Lipinski definition) is 8. The molecule has 0 spiro atoms. The lowest BCUT2D eigenvalue weighted by molar-refractivity contribution is 0.146. The van der Waals surface area contributed by atoms with E-state index in [0.29, 0.717) is 33.6 Å². The van der Waals surface area contributed by atoms with Crippen LogP contribution in [0.5, 0.6) is 0 Å². The molecule has 0 saturated heterocycles. The van der Waals surface area contributed by atoms with Crippen molar-refractivity contribution in [3.8, 4) is 23.0 Å². The van der Waals surface area contributed by atoms with E-state index in [1.165, 1.54) is 18.2 Å². The molecule has 9 nitrogen and oxygen atoms in total. The summed E-state index contributed by atoms with van der Waals surface area (Å²) in [5.74, 6) is -0.418. The van der Waals surface area contributed by atoms with Gasteiger partial charge in [0.2, 0.25) is 5.82 Å². The Labute approximate surface area is 214 Å². The summed E-state index contributed by atoms with van der Waals surface area (Å²) in [7, 11) is 0. The zero-order chi connectivity index (χ0) is 27.1. The minimum atomic E-state index is -2.76. The molecule has 0 aliphatic carbocycles. The van der Waals surface area contributed by atoms with Crippen molar-refractivity contribution in [3.05, 3.63) is 91.3 Å². The Hall–Kier alpha value is -4.67. The fourth-order valence-corrected chi connectivity index (χ4v) is 4.33. The number of nitrogens with one attached hydrogen (secondary N) is 2. The molecule has 0 bridgehead atoms. The van der Waals surface area contributed by atoms with Gasteiger partial charge in [0, 0.05) is 16.8 Å². The zero-order valence-corrected chi connectivity index (χ0v) is 20.9. The summed E-state index contributed by atoms with van der Waals surface area (Å²) < 4.78 is 37.5. The normalized spacial score (nSPS) is 12.3. The molecule has 5 rings (SSSR count). The van der Waals surface area contributed by atoms with Gasteiger partial charge in [-0.2, -0.15) is 0 Å². The van der Waals surface area contributed by atoms with Crippen LogP contribution in [0.2, 0.25) is 0 Å². The summed E-state index contributed by atoms with van der Waals surface area (Å²) in [6, 6.07) is 11.0. The van der Waals surface area contributed by atoms with Crippen LogP contribution in [0.25, 0.3) is 33.9 Å². The average molecular weight is 520 g/mol. The molecule has 0 aliphatic heterocycles. The standard InChI is InChI=1S/C27H23F2N5O4/c1-12-10-16(15(4)31-18-9-8-13(2)30-21(18)26-33-27(36)38-34-26)24-17(11-12)22(35)14(3)23(37-24)19-6-5-7-20(32-19)25(28)29/h5-11,15,25,31H,1-4H3,(H,33,34,36)/t15-/m1/s1. The number of H-pyrrole nitrogens is 1. The van der Waals surface area contributed by atoms with Crippen LogP contribution < -0.4 is 16.5 Å². The number of pyridine rings is 2. The minimum absolute atomic E-state index is 0.125. The molecular formula is C27H23F2N5O4. The van der Waals surface area contributed by atoms with E-state index < -0.39 is 23.9 Å². The molecule has 0 aliphatic rings. The SMILES string of the molecule is Cc1cc([C@@H](C)Nc2ccc(C)nc2-c2noc(=O)[nH]2)c2oc(-c3cccc(C(F)F)n3)c(C)c(=O)c2c1. The number of fused-ring (bicyclic) bond motifs is 1. The third-order valence-electron chi connectivity index (χ3n) is 6.16. The highest BCUT2D eigenvalue weighted by molar-refractivity contribution is 5.84. The van der Waals surface area contributed by atoms with Gasteiger partial charge in [0.25, 0.3) is 6.43 Å². The van der Waals surface area contributed by atoms with E-state index in [4.69, 9.17) is 4.42 Å². The lowest BCUT2D eigenvalue weighted by atomic mass is 9.99. The molecule has 0 amide bonds. The molecule has 4 aromatic heterocycles. The van der Waals surface area contributed by atoms with Crippen molar-refractivity contribution >= 4 is 16.7 Å². The third kappa shape index (κ3) is 4.58. The first-order valence-electron chi connectivity index (χ1n) is 11.8. The van der Waals surface area contributed by atoms with Gasteiger partial charge in [-0.15, -0.1) is 0 Å². The maximum atomic E-state index is 13.4. The van der Waals surface area contributed by atoms with Gasteiger partial charge >= 0.3 is 5.76 Å². The fraction of sp³-hybridized carbons (Fsp3) is 0.222. The van der Waals surface area contributed by atoms with Gasteiger partial charge in [0.1, 0.15) is 22.7 Å². The second kappa shape index (κ2) is 9.66. The maximum Gasteiger partial charge on any atom is 0.439 e. The molecule has 2 N–H and O–H groups in total. The average Bonchev–Trinajstić information content (AvgIpc) is 3.33. The highest BCUT2D eigenvalue weighted by atomic mass is 19.3. The quantitative estimate of drug-likeness (QED) is 0.296.